The Hall–Kier alpha value is -4.24. The molecule has 2 amide bonds. The Bertz CT molecular complexity index is 1630. The number of amides is 2. The van der Waals surface area contributed by atoms with Crippen LogP contribution >= 0.6 is 0 Å². The van der Waals surface area contributed by atoms with Crippen molar-refractivity contribution in [2.45, 2.75) is 64.1 Å². The molecule has 1 saturated heterocycles. The van der Waals surface area contributed by atoms with Crippen LogP contribution in [0.3, 0.4) is 0 Å². The van der Waals surface area contributed by atoms with Crippen LogP contribution < -0.4 is 10.6 Å². The summed E-state index contributed by atoms with van der Waals surface area (Å²) in [5.41, 5.74) is 4.36. The fourth-order valence-corrected chi connectivity index (χ4v) is 6.16. The number of nitrogens with zero attached hydrogens (tertiary/aromatic N) is 2. The van der Waals surface area contributed by atoms with Crippen LogP contribution in [-0.2, 0) is 17.4 Å². The topological polar surface area (TPSA) is 74.3 Å². The average Bonchev–Trinajstić information content (AvgIpc) is 3.06. The third-order valence-corrected chi connectivity index (χ3v) is 8.79. The van der Waals surface area contributed by atoms with Crippen LogP contribution in [0.1, 0.15) is 65.6 Å². The van der Waals surface area contributed by atoms with E-state index in [0.717, 1.165) is 81.2 Å². The number of benzene rings is 3. The van der Waals surface area contributed by atoms with Crippen molar-refractivity contribution < 1.29 is 22.8 Å². The molecule has 0 unspecified atom stereocenters. The molecule has 1 aliphatic heterocycles. The van der Waals surface area contributed by atoms with E-state index in [1.165, 1.54) is 23.3 Å². The highest BCUT2D eigenvalue weighted by molar-refractivity contribution is 6.01. The van der Waals surface area contributed by atoms with Gasteiger partial charge >= 0.3 is 6.18 Å². The fourth-order valence-electron chi connectivity index (χ4n) is 6.16. The lowest BCUT2D eigenvalue weighted by Gasteiger charge is -2.32. The molecule has 1 aromatic heterocycles. The normalized spacial score (nSPS) is 14.3. The number of hydrogen-bond acceptors (Lipinski definition) is 4. The Morgan fingerprint density at radius 1 is 0.913 bits per heavy atom. The lowest BCUT2D eigenvalue weighted by molar-refractivity contribution is -0.137. The molecule has 9 heteroatoms. The zero-order chi connectivity index (χ0) is 32.5. The second-order valence-corrected chi connectivity index (χ2v) is 12.1. The van der Waals surface area contributed by atoms with Crippen molar-refractivity contribution in [3.05, 3.63) is 101 Å². The first-order chi connectivity index (χ1) is 22.2. The van der Waals surface area contributed by atoms with E-state index in [1.54, 1.807) is 24.3 Å². The number of halogens is 3. The lowest BCUT2D eigenvalue weighted by Crippen LogP contribution is -2.45. The van der Waals surface area contributed by atoms with Gasteiger partial charge in [0.15, 0.2) is 0 Å². The molecule has 2 N–H and O–H groups in total. The quantitative estimate of drug-likeness (QED) is 0.161. The van der Waals surface area contributed by atoms with Crippen LogP contribution in [0.25, 0.3) is 22.0 Å². The molecular weight excluding hydrogens is 589 g/mol. The third-order valence-electron chi connectivity index (χ3n) is 8.79. The number of aromatic nitrogens is 1. The average molecular weight is 631 g/mol. The number of alkyl halides is 3. The van der Waals surface area contributed by atoms with Crippen molar-refractivity contribution >= 4 is 22.7 Å². The van der Waals surface area contributed by atoms with Crippen LogP contribution in [0.2, 0.25) is 0 Å². The van der Waals surface area contributed by atoms with Gasteiger partial charge in [0.25, 0.3) is 5.91 Å². The number of carbonyl (C=O) groups excluding carboxylic acids is 2. The molecule has 0 atom stereocenters. The molecule has 5 rings (SSSR count). The zero-order valence-corrected chi connectivity index (χ0v) is 26.2. The second kappa shape index (κ2) is 15.4. The first kappa shape index (κ1) is 33.1. The van der Waals surface area contributed by atoms with Crippen LogP contribution in [-0.4, -0.2) is 53.9 Å². The van der Waals surface area contributed by atoms with E-state index < -0.39 is 11.7 Å². The summed E-state index contributed by atoms with van der Waals surface area (Å²) in [5, 5.41) is 7.32. The Balaban J connectivity index is 0.980. The van der Waals surface area contributed by atoms with E-state index in [0.29, 0.717) is 29.7 Å². The summed E-state index contributed by atoms with van der Waals surface area (Å²) in [6.45, 7) is 5.46. The maximum atomic E-state index is 13.2. The largest absolute Gasteiger partial charge is 0.416 e. The predicted molar refractivity (Wildman–Crippen MR) is 175 cm³/mol. The van der Waals surface area contributed by atoms with E-state index in [1.807, 2.05) is 12.3 Å². The van der Waals surface area contributed by atoms with Crippen molar-refractivity contribution in [2.75, 3.05) is 26.2 Å². The van der Waals surface area contributed by atoms with Gasteiger partial charge < -0.3 is 15.5 Å². The van der Waals surface area contributed by atoms with Crippen molar-refractivity contribution in [2.24, 2.45) is 0 Å². The summed E-state index contributed by atoms with van der Waals surface area (Å²) in [5.74, 6) is -0.129. The summed E-state index contributed by atoms with van der Waals surface area (Å²) in [4.78, 5) is 32.5. The van der Waals surface area contributed by atoms with Crippen molar-refractivity contribution in [3.63, 3.8) is 0 Å². The number of pyridine rings is 1. The van der Waals surface area contributed by atoms with Gasteiger partial charge in [-0.3, -0.25) is 14.6 Å². The Morgan fingerprint density at radius 2 is 1.67 bits per heavy atom. The van der Waals surface area contributed by atoms with Crippen LogP contribution in [0.5, 0.6) is 0 Å². The van der Waals surface area contributed by atoms with E-state index in [9.17, 15) is 22.8 Å². The van der Waals surface area contributed by atoms with Gasteiger partial charge in [0.2, 0.25) is 5.91 Å². The monoisotopic (exact) mass is 630 g/mol. The minimum atomic E-state index is -4.41. The summed E-state index contributed by atoms with van der Waals surface area (Å²) >= 11 is 0. The number of likely N-dealkylation sites (tertiary alicyclic amines) is 1. The van der Waals surface area contributed by atoms with E-state index >= 15 is 0 Å². The second-order valence-electron chi connectivity index (χ2n) is 12.1. The SMILES string of the molecule is Cc1ccc2cccnc2c1CCCC(=O)NCCCCN1CCC(NC(=O)c2ccccc2-c2ccc(C(F)(F)F)cc2)CC1. The Morgan fingerprint density at radius 3 is 2.43 bits per heavy atom. The van der Waals surface area contributed by atoms with Crippen LogP contribution in [0.15, 0.2) is 79.0 Å². The maximum absolute atomic E-state index is 13.2. The first-order valence-corrected chi connectivity index (χ1v) is 16.1. The number of rotatable bonds is 12. The minimum Gasteiger partial charge on any atom is -0.356 e. The highest BCUT2D eigenvalue weighted by Gasteiger charge is 2.30. The minimum absolute atomic E-state index is 0.0390. The number of carbonyl (C=O) groups is 2. The van der Waals surface area contributed by atoms with Gasteiger partial charge in [-0.25, -0.2) is 0 Å². The number of nitrogens with one attached hydrogen (secondary N) is 2. The van der Waals surface area contributed by atoms with Crippen LogP contribution in [0, 0.1) is 6.92 Å². The van der Waals surface area contributed by atoms with Crippen LogP contribution in [0.4, 0.5) is 13.2 Å². The van der Waals surface area contributed by atoms with Gasteiger partial charge in [-0.1, -0.05) is 48.5 Å². The van der Waals surface area contributed by atoms with Gasteiger partial charge in [0, 0.05) is 49.2 Å². The summed E-state index contributed by atoms with van der Waals surface area (Å²) in [6, 6.07) is 20.2. The molecule has 4 aromatic rings. The molecule has 1 aliphatic rings. The highest BCUT2D eigenvalue weighted by atomic mass is 19.4. The maximum Gasteiger partial charge on any atom is 0.416 e. The first-order valence-electron chi connectivity index (χ1n) is 16.1. The third kappa shape index (κ3) is 8.72. The Labute approximate surface area is 268 Å². The van der Waals surface area contributed by atoms with Gasteiger partial charge in [0.1, 0.15) is 0 Å². The van der Waals surface area contributed by atoms with E-state index in [4.69, 9.17) is 0 Å². The summed E-state index contributed by atoms with van der Waals surface area (Å²) in [6.07, 6.45) is 3.08. The molecule has 242 valence electrons. The van der Waals surface area contributed by atoms with Crippen molar-refractivity contribution in [3.8, 4) is 11.1 Å². The van der Waals surface area contributed by atoms with Gasteiger partial charge in [0.05, 0.1) is 11.1 Å². The molecule has 0 bridgehead atoms. The predicted octanol–water partition coefficient (Wildman–Crippen LogP) is 7.34. The number of fused-ring (bicyclic) bond motifs is 1. The molecule has 6 nitrogen and oxygen atoms in total. The van der Waals surface area contributed by atoms with Gasteiger partial charge in [-0.15, -0.1) is 0 Å². The zero-order valence-electron chi connectivity index (χ0n) is 26.2. The van der Waals surface area contributed by atoms with Crippen molar-refractivity contribution in [1.29, 1.82) is 0 Å². The molecule has 2 heterocycles. The standard InChI is InChI=1S/C37H41F3N4O2/c1-26-13-14-28-8-7-22-42-35(28)31(26)11-6-12-34(45)41-21-4-5-23-44-24-19-30(20-25-44)43-36(46)33-10-3-2-9-32(33)27-15-17-29(18-16-27)37(38,39)40/h2-3,7-10,13-18,22,30H,4-6,11-12,19-21,23-25H2,1H3,(H,41,45)(H,43,46). The van der Waals surface area contributed by atoms with Gasteiger partial charge in [-0.2, -0.15) is 13.2 Å². The number of unbranched alkanes of at least 4 members (excludes halogenated alkanes) is 1. The number of hydrogen-bond donors (Lipinski definition) is 2. The van der Waals surface area contributed by atoms with E-state index in [-0.39, 0.29) is 17.9 Å². The number of piperidine rings is 1. The summed E-state index contributed by atoms with van der Waals surface area (Å²) < 4.78 is 39.0. The molecule has 0 radical (unpaired) electrons. The molecule has 0 saturated carbocycles. The molecule has 46 heavy (non-hydrogen) atoms. The smallest absolute Gasteiger partial charge is 0.356 e. The molecule has 0 aliphatic carbocycles. The lowest BCUT2D eigenvalue weighted by atomic mass is 9.97. The highest BCUT2D eigenvalue weighted by Crippen LogP contribution is 2.32. The van der Waals surface area contributed by atoms with Gasteiger partial charge in [-0.05, 0) is 98.5 Å². The number of aryl methyl sites for hydroxylation is 2. The molecule has 1 fully saturated rings. The summed E-state index contributed by atoms with van der Waals surface area (Å²) in [7, 11) is 0. The fraction of sp³-hybridized carbons (Fsp3) is 0.378. The molecular formula is C37H41F3N4O2. The molecule has 0 spiro atoms. The van der Waals surface area contributed by atoms with E-state index in [2.05, 4.69) is 45.6 Å². The van der Waals surface area contributed by atoms with Crippen molar-refractivity contribution in [1.82, 2.24) is 20.5 Å². The Kier molecular flexibility index (Phi) is 11.1. The molecule has 3 aromatic carbocycles.